The second kappa shape index (κ2) is 7.42. The molecule has 2 aromatic heterocycles. The van der Waals surface area contributed by atoms with Gasteiger partial charge in [-0.2, -0.15) is 13.2 Å². The zero-order valence-corrected chi connectivity index (χ0v) is 16.3. The average Bonchev–Trinajstić information content (AvgIpc) is 2.97. The normalized spacial score (nSPS) is 11.6. The lowest BCUT2D eigenvalue weighted by Gasteiger charge is -2.12. The molecular weight excluding hydrogens is 419 g/mol. The molecule has 0 radical (unpaired) electrons. The molecule has 0 aliphatic heterocycles. The molecule has 30 heavy (non-hydrogen) atoms. The third kappa shape index (κ3) is 3.97. The molecule has 0 fully saturated rings. The summed E-state index contributed by atoms with van der Waals surface area (Å²) in [7, 11) is 1.75. The van der Waals surface area contributed by atoms with E-state index in [1.807, 2.05) is 0 Å². The van der Waals surface area contributed by atoms with Crippen LogP contribution >= 0.6 is 11.6 Å². The van der Waals surface area contributed by atoms with Crippen molar-refractivity contribution in [2.24, 2.45) is 7.05 Å². The monoisotopic (exact) mass is 433 g/mol. The lowest BCUT2D eigenvalue weighted by Crippen LogP contribution is -2.07. The first-order valence-corrected chi connectivity index (χ1v) is 9.08. The maximum atomic E-state index is 13.1. The summed E-state index contributed by atoms with van der Waals surface area (Å²) in [5.74, 6) is 1.76. The number of hydrogen-bond donors (Lipinski definition) is 2. The summed E-state index contributed by atoms with van der Waals surface area (Å²) < 4.78 is 46.8. The molecule has 0 aliphatic rings. The highest BCUT2D eigenvalue weighted by molar-refractivity contribution is 6.31. The number of nitrogen functional groups attached to an aromatic ring is 1. The minimum Gasteiger partial charge on any atom is -0.457 e. The van der Waals surface area contributed by atoms with Crippen LogP contribution in [0.4, 0.5) is 30.6 Å². The van der Waals surface area contributed by atoms with Gasteiger partial charge in [0.2, 0.25) is 5.95 Å². The summed E-state index contributed by atoms with van der Waals surface area (Å²) in [6, 6.07) is 12.1. The van der Waals surface area contributed by atoms with E-state index in [1.54, 1.807) is 41.9 Å². The number of fused-ring (bicyclic) bond motifs is 1. The number of imidazole rings is 1. The number of hydrogen-bond acceptors (Lipinski definition) is 5. The fourth-order valence-electron chi connectivity index (χ4n) is 2.93. The maximum Gasteiger partial charge on any atom is 0.417 e. The quantitative estimate of drug-likeness (QED) is 0.428. The molecule has 4 rings (SSSR count). The van der Waals surface area contributed by atoms with Crippen molar-refractivity contribution >= 4 is 40.1 Å². The fourth-order valence-corrected chi connectivity index (χ4v) is 3.16. The van der Waals surface area contributed by atoms with Gasteiger partial charge in [0, 0.05) is 31.1 Å². The van der Waals surface area contributed by atoms with E-state index in [0.717, 1.165) is 11.6 Å². The number of rotatable bonds is 4. The standard InChI is InChI=1S/C20H15ClF3N5O/c1-29-17-5-3-12(30-13-6-7-26-18(25)10-13)9-16(17)28-19(29)27-11-2-4-15(21)14(8-11)20(22,23)24/h2-10H,1H3,(H2,25,26)(H,27,28). The van der Waals surface area contributed by atoms with E-state index in [9.17, 15) is 13.2 Å². The van der Waals surface area contributed by atoms with Crippen molar-refractivity contribution < 1.29 is 17.9 Å². The topological polar surface area (TPSA) is 78.0 Å². The zero-order chi connectivity index (χ0) is 21.5. The molecule has 0 saturated heterocycles. The van der Waals surface area contributed by atoms with Gasteiger partial charge in [0.25, 0.3) is 0 Å². The summed E-state index contributed by atoms with van der Waals surface area (Å²) in [6.07, 6.45) is -3.02. The van der Waals surface area contributed by atoms with Crippen LogP contribution in [0.25, 0.3) is 11.0 Å². The second-order valence-corrected chi connectivity index (χ2v) is 6.89. The van der Waals surface area contributed by atoms with Crippen molar-refractivity contribution in [2.45, 2.75) is 6.18 Å². The van der Waals surface area contributed by atoms with Crippen LogP contribution < -0.4 is 15.8 Å². The van der Waals surface area contributed by atoms with E-state index in [-0.39, 0.29) is 10.7 Å². The Morgan fingerprint density at radius 1 is 1.07 bits per heavy atom. The number of benzene rings is 2. The molecule has 0 bridgehead atoms. The number of anilines is 3. The molecule has 6 nitrogen and oxygen atoms in total. The van der Waals surface area contributed by atoms with Gasteiger partial charge in [-0.25, -0.2) is 9.97 Å². The van der Waals surface area contributed by atoms with Gasteiger partial charge >= 0.3 is 6.18 Å². The Bertz CT molecular complexity index is 1240. The maximum absolute atomic E-state index is 13.1. The summed E-state index contributed by atoms with van der Waals surface area (Å²) in [5.41, 5.74) is 6.32. The predicted octanol–water partition coefficient (Wildman–Crippen LogP) is 5.76. The summed E-state index contributed by atoms with van der Waals surface area (Å²) in [6.45, 7) is 0. The number of pyridine rings is 1. The highest BCUT2D eigenvalue weighted by Crippen LogP contribution is 2.37. The van der Waals surface area contributed by atoms with Crippen LogP contribution in [-0.4, -0.2) is 14.5 Å². The zero-order valence-electron chi connectivity index (χ0n) is 15.5. The number of nitrogens with zero attached hydrogens (tertiary/aromatic N) is 3. The van der Waals surface area contributed by atoms with Gasteiger partial charge < -0.3 is 20.4 Å². The van der Waals surface area contributed by atoms with E-state index in [1.165, 1.54) is 18.3 Å². The highest BCUT2D eigenvalue weighted by Gasteiger charge is 2.33. The lowest BCUT2D eigenvalue weighted by molar-refractivity contribution is -0.137. The van der Waals surface area contributed by atoms with Crippen molar-refractivity contribution in [3.63, 3.8) is 0 Å². The van der Waals surface area contributed by atoms with Gasteiger partial charge in [0.15, 0.2) is 0 Å². The third-order valence-electron chi connectivity index (χ3n) is 4.37. The van der Waals surface area contributed by atoms with Crippen molar-refractivity contribution in [3.8, 4) is 11.5 Å². The van der Waals surface area contributed by atoms with Crippen molar-refractivity contribution in [2.75, 3.05) is 11.1 Å². The SMILES string of the molecule is Cn1c(Nc2ccc(Cl)c(C(F)(F)F)c2)nc2cc(Oc3ccnc(N)c3)ccc21. The molecule has 0 aliphatic carbocycles. The highest BCUT2D eigenvalue weighted by atomic mass is 35.5. The molecule has 0 atom stereocenters. The predicted molar refractivity (Wildman–Crippen MR) is 109 cm³/mol. The van der Waals surface area contributed by atoms with Crippen LogP contribution in [0.15, 0.2) is 54.7 Å². The van der Waals surface area contributed by atoms with Crippen LogP contribution in [0.5, 0.6) is 11.5 Å². The van der Waals surface area contributed by atoms with E-state index in [2.05, 4.69) is 15.3 Å². The van der Waals surface area contributed by atoms with Crippen LogP contribution in [0, 0.1) is 0 Å². The molecule has 154 valence electrons. The van der Waals surface area contributed by atoms with Gasteiger partial charge in [-0.3, -0.25) is 0 Å². The number of halogens is 4. The smallest absolute Gasteiger partial charge is 0.417 e. The van der Waals surface area contributed by atoms with E-state index >= 15 is 0 Å². The molecule has 10 heteroatoms. The largest absolute Gasteiger partial charge is 0.457 e. The second-order valence-electron chi connectivity index (χ2n) is 6.48. The van der Waals surface area contributed by atoms with Crippen LogP contribution in [0.3, 0.4) is 0 Å². The first-order valence-electron chi connectivity index (χ1n) is 8.70. The Labute approximate surface area is 174 Å². The molecule has 0 amide bonds. The Hall–Kier alpha value is -3.46. The number of nitrogens with one attached hydrogen (secondary N) is 1. The van der Waals surface area contributed by atoms with E-state index < -0.39 is 11.7 Å². The molecule has 0 unspecified atom stereocenters. The summed E-state index contributed by atoms with van der Waals surface area (Å²) in [5, 5.41) is 2.54. The van der Waals surface area contributed by atoms with Gasteiger partial charge in [-0.05, 0) is 36.4 Å². The number of nitrogens with two attached hydrogens (primary N) is 1. The Kier molecular flexibility index (Phi) is 4.90. The molecule has 0 saturated carbocycles. The number of ether oxygens (including phenoxy) is 1. The minimum absolute atomic E-state index is 0.217. The molecule has 2 aromatic carbocycles. The van der Waals surface area contributed by atoms with Gasteiger partial charge in [0.05, 0.1) is 21.6 Å². The molecule has 3 N–H and O–H groups in total. The van der Waals surface area contributed by atoms with Crippen LogP contribution in [0.1, 0.15) is 5.56 Å². The van der Waals surface area contributed by atoms with Crippen LogP contribution in [-0.2, 0) is 13.2 Å². The van der Waals surface area contributed by atoms with Crippen molar-refractivity contribution in [1.29, 1.82) is 0 Å². The number of aromatic nitrogens is 3. The molecule has 4 aromatic rings. The summed E-state index contributed by atoms with van der Waals surface area (Å²) in [4.78, 5) is 8.37. The number of alkyl halides is 3. The third-order valence-corrected chi connectivity index (χ3v) is 4.70. The first-order chi connectivity index (χ1) is 14.2. The summed E-state index contributed by atoms with van der Waals surface area (Å²) >= 11 is 5.68. The Balaban J connectivity index is 1.64. The van der Waals surface area contributed by atoms with Crippen molar-refractivity contribution in [3.05, 3.63) is 65.3 Å². The van der Waals surface area contributed by atoms with Gasteiger partial charge in [0.1, 0.15) is 17.3 Å². The Morgan fingerprint density at radius 2 is 1.83 bits per heavy atom. The average molecular weight is 434 g/mol. The molecular formula is C20H15ClF3N5O. The fraction of sp³-hybridized carbons (Fsp3) is 0.100. The first kappa shape index (κ1) is 19.8. The molecule has 0 spiro atoms. The Morgan fingerprint density at radius 3 is 2.57 bits per heavy atom. The number of aryl methyl sites for hydroxylation is 1. The van der Waals surface area contributed by atoms with E-state index in [4.69, 9.17) is 22.1 Å². The van der Waals surface area contributed by atoms with Crippen molar-refractivity contribution in [1.82, 2.24) is 14.5 Å². The van der Waals surface area contributed by atoms with Gasteiger partial charge in [-0.15, -0.1) is 0 Å². The minimum atomic E-state index is -4.55. The van der Waals surface area contributed by atoms with Crippen LogP contribution in [0.2, 0.25) is 5.02 Å². The lowest BCUT2D eigenvalue weighted by atomic mass is 10.2. The van der Waals surface area contributed by atoms with E-state index in [0.29, 0.717) is 28.8 Å². The van der Waals surface area contributed by atoms with Gasteiger partial charge in [-0.1, -0.05) is 11.6 Å². The molecule has 2 heterocycles.